The number of carbonyl (C=O) groups is 1. The second-order valence-corrected chi connectivity index (χ2v) is 7.83. The Kier molecular flexibility index (Phi) is 6.90. The van der Waals surface area contributed by atoms with E-state index in [0.717, 1.165) is 25.1 Å². The molecule has 0 saturated carbocycles. The maximum absolute atomic E-state index is 12.3. The van der Waals surface area contributed by atoms with Crippen LogP contribution in [0, 0.1) is 12.8 Å². The first kappa shape index (κ1) is 20.2. The smallest absolute Gasteiger partial charge is 0.317 e. The van der Waals surface area contributed by atoms with Crippen LogP contribution in [0.25, 0.3) is 0 Å². The first-order valence-electron chi connectivity index (χ1n) is 10.1. The molecule has 3 rings (SSSR count). The Labute approximate surface area is 166 Å². The zero-order chi connectivity index (χ0) is 19.9. The summed E-state index contributed by atoms with van der Waals surface area (Å²) in [5.74, 6) is 2.64. The molecule has 0 bridgehead atoms. The summed E-state index contributed by atoms with van der Waals surface area (Å²) in [6, 6.07) is 7.95. The van der Waals surface area contributed by atoms with E-state index < -0.39 is 0 Å². The van der Waals surface area contributed by atoms with Gasteiger partial charge in [0.15, 0.2) is 5.82 Å². The van der Waals surface area contributed by atoms with Crippen LogP contribution in [0.2, 0.25) is 0 Å². The lowest BCUT2D eigenvalue weighted by molar-refractivity contribution is 0.171. The summed E-state index contributed by atoms with van der Waals surface area (Å²) in [6.07, 6.45) is 2.48. The van der Waals surface area contributed by atoms with E-state index in [4.69, 9.17) is 9.26 Å². The predicted molar refractivity (Wildman–Crippen MR) is 106 cm³/mol. The second kappa shape index (κ2) is 9.57. The van der Waals surface area contributed by atoms with Crippen LogP contribution in [-0.4, -0.2) is 47.3 Å². The van der Waals surface area contributed by atoms with Crippen LogP contribution < -0.4 is 10.1 Å². The van der Waals surface area contributed by atoms with Crippen LogP contribution in [0.1, 0.15) is 49.9 Å². The molecule has 1 fully saturated rings. The quantitative estimate of drug-likeness (QED) is 0.787. The van der Waals surface area contributed by atoms with Crippen molar-refractivity contribution in [1.29, 1.82) is 0 Å². The molecule has 1 aliphatic heterocycles. The third-order valence-electron chi connectivity index (χ3n) is 4.79. The van der Waals surface area contributed by atoms with Gasteiger partial charge in [-0.2, -0.15) is 4.98 Å². The summed E-state index contributed by atoms with van der Waals surface area (Å²) in [5, 5.41) is 7.06. The Hall–Kier alpha value is -2.57. The number of rotatable bonds is 7. The predicted octanol–water partition coefficient (Wildman–Crippen LogP) is 3.54. The maximum Gasteiger partial charge on any atom is 0.317 e. The van der Waals surface area contributed by atoms with E-state index in [1.165, 1.54) is 5.56 Å². The molecule has 2 aromatic rings. The lowest BCUT2D eigenvalue weighted by Gasteiger charge is -2.31. The fraction of sp³-hybridized carbons (Fsp3) is 0.571. The number of aryl methyl sites for hydroxylation is 1. The summed E-state index contributed by atoms with van der Waals surface area (Å²) in [4.78, 5) is 18.7. The van der Waals surface area contributed by atoms with Crippen molar-refractivity contribution in [3.05, 3.63) is 41.5 Å². The van der Waals surface area contributed by atoms with Gasteiger partial charge in [0.2, 0.25) is 5.89 Å². The minimum absolute atomic E-state index is 0.00954. The summed E-state index contributed by atoms with van der Waals surface area (Å²) >= 11 is 0. The molecule has 1 aromatic heterocycles. The monoisotopic (exact) mass is 386 g/mol. The topological polar surface area (TPSA) is 80.5 Å². The highest BCUT2D eigenvalue weighted by atomic mass is 16.5. The summed E-state index contributed by atoms with van der Waals surface area (Å²) < 4.78 is 11.2. The Morgan fingerprint density at radius 2 is 2.29 bits per heavy atom. The third kappa shape index (κ3) is 5.71. The van der Waals surface area contributed by atoms with Crippen molar-refractivity contribution in [1.82, 2.24) is 20.4 Å². The SMILES string of the molecule is Cc1cccc(OCCc2noc(C3CCCN(C(=O)NCC(C)C)C3)n2)c1. The summed E-state index contributed by atoms with van der Waals surface area (Å²) in [7, 11) is 0. The van der Waals surface area contributed by atoms with E-state index in [0.29, 0.717) is 43.8 Å². The summed E-state index contributed by atoms with van der Waals surface area (Å²) in [5.41, 5.74) is 1.17. The number of urea groups is 1. The molecule has 7 heteroatoms. The lowest BCUT2D eigenvalue weighted by atomic mass is 9.98. The standard InChI is InChI=1S/C21H30N4O3/c1-15(2)13-22-21(26)25-10-5-7-17(14-25)20-23-19(24-28-20)9-11-27-18-8-4-6-16(3)12-18/h4,6,8,12,15,17H,5,7,9-11,13-14H2,1-3H3,(H,22,26). The maximum atomic E-state index is 12.3. The van der Waals surface area contributed by atoms with Gasteiger partial charge < -0.3 is 19.5 Å². The van der Waals surface area contributed by atoms with Crippen molar-refractivity contribution in [3.8, 4) is 5.75 Å². The molecule has 2 amide bonds. The number of hydrogen-bond donors (Lipinski definition) is 1. The van der Waals surface area contributed by atoms with Crippen molar-refractivity contribution in [2.75, 3.05) is 26.2 Å². The van der Waals surface area contributed by atoms with E-state index in [2.05, 4.69) is 29.3 Å². The van der Waals surface area contributed by atoms with Gasteiger partial charge in [-0.3, -0.25) is 0 Å². The van der Waals surface area contributed by atoms with Gasteiger partial charge in [-0.1, -0.05) is 31.1 Å². The van der Waals surface area contributed by atoms with Crippen molar-refractivity contribution in [3.63, 3.8) is 0 Å². The molecule has 1 saturated heterocycles. The fourth-order valence-electron chi connectivity index (χ4n) is 3.27. The molecule has 1 N–H and O–H groups in total. The molecule has 0 aliphatic carbocycles. The van der Waals surface area contributed by atoms with Crippen LogP contribution in [-0.2, 0) is 6.42 Å². The van der Waals surface area contributed by atoms with E-state index in [1.807, 2.05) is 36.1 Å². The van der Waals surface area contributed by atoms with Gasteiger partial charge in [0.1, 0.15) is 5.75 Å². The fourth-order valence-corrected chi connectivity index (χ4v) is 3.27. The zero-order valence-corrected chi connectivity index (χ0v) is 17.0. The normalized spacial score (nSPS) is 17.0. The van der Waals surface area contributed by atoms with Gasteiger partial charge in [-0.25, -0.2) is 4.79 Å². The van der Waals surface area contributed by atoms with Gasteiger partial charge in [0.05, 0.1) is 12.5 Å². The number of carbonyl (C=O) groups excluding carboxylic acids is 1. The average molecular weight is 386 g/mol. The molecule has 152 valence electrons. The molecule has 2 heterocycles. The Morgan fingerprint density at radius 1 is 1.43 bits per heavy atom. The second-order valence-electron chi connectivity index (χ2n) is 7.83. The first-order chi connectivity index (χ1) is 13.5. The van der Waals surface area contributed by atoms with Gasteiger partial charge in [0, 0.05) is 26.1 Å². The number of aromatic nitrogens is 2. The average Bonchev–Trinajstić information content (AvgIpc) is 3.15. The highest BCUT2D eigenvalue weighted by Gasteiger charge is 2.28. The van der Waals surface area contributed by atoms with Gasteiger partial charge in [-0.05, 0) is 43.4 Å². The van der Waals surface area contributed by atoms with Crippen molar-refractivity contribution >= 4 is 6.03 Å². The third-order valence-corrected chi connectivity index (χ3v) is 4.79. The number of hydrogen-bond acceptors (Lipinski definition) is 5. The molecule has 7 nitrogen and oxygen atoms in total. The number of piperidine rings is 1. The first-order valence-corrected chi connectivity index (χ1v) is 10.1. The number of nitrogens with one attached hydrogen (secondary N) is 1. The van der Waals surface area contributed by atoms with Gasteiger partial charge in [-0.15, -0.1) is 0 Å². The number of ether oxygens (including phenoxy) is 1. The van der Waals surface area contributed by atoms with Crippen LogP contribution in [0.3, 0.4) is 0 Å². The van der Waals surface area contributed by atoms with Crippen LogP contribution >= 0.6 is 0 Å². The van der Waals surface area contributed by atoms with Crippen molar-refractivity contribution in [2.45, 2.75) is 46.0 Å². The van der Waals surface area contributed by atoms with E-state index in [9.17, 15) is 4.79 Å². The Balaban J connectivity index is 1.49. The molecular weight excluding hydrogens is 356 g/mol. The van der Waals surface area contributed by atoms with E-state index in [-0.39, 0.29) is 11.9 Å². The number of likely N-dealkylation sites (tertiary alicyclic amines) is 1. The molecule has 1 aliphatic rings. The minimum atomic E-state index is -0.00954. The molecule has 0 radical (unpaired) electrons. The number of amides is 2. The molecule has 0 spiro atoms. The lowest BCUT2D eigenvalue weighted by Crippen LogP contribution is -2.45. The van der Waals surface area contributed by atoms with Gasteiger partial charge >= 0.3 is 6.03 Å². The van der Waals surface area contributed by atoms with Crippen LogP contribution in [0.4, 0.5) is 4.79 Å². The van der Waals surface area contributed by atoms with E-state index >= 15 is 0 Å². The molecule has 1 atom stereocenters. The zero-order valence-electron chi connectivity index (χ0n) is 17.0. The van der Waals surface area contributed by atoms with Crippen LogP contribution in [0.5, 0.6) is 5.75 Å². The van der Waals surface area contributed by atoms with Gasteiger partial charge in [0.25, 0.3) is 0 Å². The Morgan fingerprint density at radius 3 is 3.07 bits per heavy atom. The largest absolute Gasteiger partial charge is 0.493 e. The molecular formula is C21H30N4O3. The molecule has 28 heavy (non-hydrogen) atoms. The van der Waals surface area contributed by atoms with E-state index in [1.54, 1.807) is 0 Å². The van der Waals surface area contributed by atoms with Crippen LogP contribution in [0.15, 0.2) is 28.8 Å². The number of nitrogens with zero attached hydrogens (tertiary/aromatic N) is 3. The highest BCUT2D eigenvalue weighted by Crippen LogP contribution is 2.25. The summed E-state index contributed by atoms with van der Waals surface area (Å²) in [6.45, 7) is 8.78. The highest BCUT2D eigenvalue weighted by molar-refractivity contribution is 5.74. The number of benzene rings is 1. The molecule has 1 aromatic carbocycles. The Bertz CT molecular complexity index is 775. The minimum Gasteiger partial charge on any atom is -0.493 e. The van der Waals surface area contributed by atoms with Crippen molar-refractivity contribution in [2.24, 2.45) is 5.92 Å². The molecule has 1 unspecified atom stereocenters. The van der Waals surface area contributed by atoms with Crippen molar-refractivity contribution < 1.29 is 14.1 Å².